The van der Waals surface area contributed by atoms with Gasteiger partial charge >= 0.3 is 0 Å². The van der Waals surface area contributed by atoms with Crippen LogP contribution in [0, 0.1) is 0 Å². The van der Waals surface area contributed by atoms with Gasteiger partial charge < -0.3 is 15.8 Å². The summed E-state index contributed by atoms with van der Waals surface area (Å²) in [5.74, 6) is 0.662. The highest BCUT2D eigenvalue weighted by atomic mass is 32.1. The van der Waals surface area contributed by atoms with Crippen molar-refractivity contribution in [2.24, 2.45) is 0 Å². The summed E-state index contributed by atoms with van der Waals surface area (Å²) in [6.45, 7) is 4.09. The first-order valence-electron chi connectivity index (χ1n) is 6.21. The molecule has 2 aromatic rings. The van der Waals surface area contributed by atoms with Gasteiger partial charge in [-0.25, -0.2) is 4.98 Å². The van der Waals surface area contributed by atoms with E-state index in [0.717, 1.165) is 5.01 Å². The molecule has 0 unspecified atom stereocenters. The van der Waals surface area contributed by atoms with E-state index in [1.165, 1.54) is 11.3 Å². The van der Waals surface area contributed by atoms with Crippen LogP contribution in [0.15, 0.2) is 23.6 Å². The van der Waals surface area contributed by atoms with Crippen LogP contribution in [-0.2, 0) is 0 Å². The molecule has 1 amide bonds. The Labute approximate surface area is 121 Å². The largest absolute Gasteiger partial charge is 0.495 e. The second kappa shape index (κ2) is 5.92. The smallest absolute Gasteiger partial charge is 0.275 e. The predicted octanol–water partition coefficient (Wildman–Crippen LogP) is 3.11. The molecule has 6 heteroatoms. The van der Waals surface area contributed by atoms with E-state index in [1.54, 1.807) is 30.7 Å². The van der Waals surface area contributed by atoms with Gasteiger partial charge in [0.1, 0.15) is 11.4 Å². The van der Waals surface area contributed by atoms with Crippen LogP contribution in [0.1, 0.15) is 35.3 Å². The lowest BCUT2D eigenvalue weighted by Gasteiger charge is -2.07. The van der Waals surface area contributed by atoms with Crippen molar-refractivity contribution in [1.82, 2.24) is 4.98 Å². The number of hydrogen-bond donors (Lipinski definition) is 2. The topological polar surface area (TPSA) is 77.2 Å². The van der Waals surface area contributed by atoms with E-state index in [4.69, 9.17) is 10.5 Å². The van der Waals surface area contributed by atoms with Gasteiger partial charge in [-0.15, -0.1) is 11.3 Å². The van der Waals surface area contributed by atoms with Crippen LogP contribution < -0.4 is 15.8 Å². The lowest BCUT2D eigenvalue weighted by molar-refractivity contribution is 0.102. The first kappa shape index (κ1) is 14.3. The van der Waals surface area contributed by atoms with Crippen LogP contribution in [-0.4, -0.2) is 18.0 Å². The Morgan fingerprint density at radius 2 is 2.20 bits per heavy atom. The summed E-state index contributed by atoms with van der Waals surface area (Å²) in [5, 5.41) is 5.48. The molecule has 106 valence electrons. The molecule has 0 spiro atoms. The van der Waals surface area contributed by atoms with Crippen LogP contribution in [0.5, 0.6) is 5.75 Å². The Balaban J connectivity index is 2.12. The summed E-state index contributed by atoms with van der Waals surface area (Å²) < 4.78 is 5.07. The number of anilines is 2. The molecule has 0 fully saturated rings. The van der Waals surface area contributed by atoms with Crippen LogP contribution in [0.2, 0.25) is 0 Å². The zero-order valence-electron chi connectivity index (χ0n) is 11.6. The summed E-state index contributed by atoms with van der Waals surface area (Å²) in [6.07, 6.45) is 0. The molecule has 1 heterocycles. The number of rotatable bonds is 4. The van der Waals surface area contributed by atoms with E-state index in [-0.39, 0.29) is 5.91 Å². The number of nitrogens with zero attached hydrogens (tertiary/aromatic N) is 1. The Hall–Kier alpha value is -2.08. The Kier molecular flexibility index (Phi) is 4.24. The van der Waals surface area contributed by atoms with Crippen LogP contribution in [0.25, 0.3) is 0 Å². The fourth-order valence-corrected chi connectivity index (χ4v) is 2.48. The predicted molar refractivity (Wildman–Crippen MR) is 81.6 cm³/mol. The lowest BCUT2D eigenvalue weighted by atomic mass is 10.2. The molecule has 0 radical (unpaired) electrons. The van der Waals surface area contributed by atoms with Crippen LogP contribution in [0.3, 0.4) is 0 Å². The molecule has 20 heavy (non-hydrogen) atoms. The molecule has 5 nitrogen and oxygen atoms in total. The van der Waals surface area contributed by atoms with Crippen molar-refractivity contribution < 1.29 is 9.53 Å². The van der Waals surface area contributed by atoms with Crippen molar-refractivity contribution in [2.45, 2.75) is 19.8 Å². The van der Waals surface area contributed by atoms with E-state index in [1.807, 2.05) is 13.8 Å². The third kappa shape index (κ3) is 3.08. The van der Waals surface area contributed by atoms with Crippen molar-refractivity contribution in [1.29, 1.82) is 0 Å². The number of methoxy groups -OCH3 is 1. The maximum Gasteiger partial charge on any atom is 0.275 e. The molecular weight excluding hydrogens is 274 g/mol. The number of aromatic nitrogens is 1. The Morgan fingerprint density at radius 1 is 1.45 bits per heavy atom. The van der Waals surface area contributed by atoms with Gasteiger partial charge in [0.25, 0.3) is 5.91 Å². The standard InChI is InChI=1S/C14H17N3O2S/c1-8(2)14-17-11(7-20-14)13(18)16-9-4-5-12(19-3)10(15)6-9/h4-8H,15H2,1-3H3,(H,16,18). The number of amides is 1. The van der Waals surface area contributed by atoms with Crippen LogP contribution >= 0.6 is 11.3 Å². The first-order chi connectivity index (χ1) is 9.51. The second-order valence-electron chi connectivity index (χ2n) is 4.64. The number of nitrogens with two attached hydrogens (primary N) is 1. The third-order valence-corrected chi connectivity index (χ3v) is 3.88. The highest BCUT2D eigenvalue weighted by Gasteiger charge is 2.13. The van der Waals surface area contributed by atoms with Gasteiger partial charge in [-0.3, -0.25) is 4.79 Å². The van der Waals surface area contributed by atoms with E-state index in [2.05, 4.69) is 10.3 Å². The zero-order chi connectivity index (χ0) is 14.7. The van der Waals surface area contributed by atoms with Crippen molar-refractivity contribution in [2.75, 3.05) is 18.2 Å². The third-order valence-electron chi connectivity index (χ3n) is 2.74. The highest BCUT2D eigenvalue weighted by Crippen LogP contribution is 2.25. The maximum absolute atomic E-state index is 12.1. The first-order valence-corrected chi connectivity index (χ1v) is 7.09. The van der Waals surface area contributed by atoms with E-state index < -0.39 is 0 Å². The van der Waals surface area contributed by atoms with Crippen LogP contribution in [0.4, 0.5) is 11.4 Å². The summed E-state index contributed by atoms with van der Waals surface area (Å²) in [6, 6.07) is 5.11. The van der Waals surface area contributed by atoms with E-state index in [9.17, 15) is 4.79 Å². The molecule has 0 aliphatic rings. The number of carbonyl (C=O) groups is 1. The van der Waals surface area contributed by atoms with E-state index in [0.29, 0.717) is 28.7 Å². The minimum atomic E-state index is -0.238. The van der Waals surface area contributed by atoms with Crippen molar-refractivity contribution in [3.63, 3.8) is 0 Å². The number of nitrogens with one attached hydrogen (secondary N) is 1. The maximum atomic E-state index is 12.1. The summed E-state index contributed by atoms with van der Waals surface area (Å²) >= 11 is 1.49. The second-order valence-corrected chi connectivity index (χ2v) is 5.53. The van der Waals surface area contributed by atoms with Crippen molar-refractivity contribution in [3.05, 3.63) is 34.3 Å². The van der Waals surface area contributed by atoms with Gasteiger partial charge in [-0.1, -0.05) is 13.8 Å². The number of benzene rings is 1. The summed E-state index contributed by atoms with van der Waals surface area (Å²) in [5.41, 5.74) is 7.32. The molecule has 0 saturated carbocycles. The number of hydrogen-bond acceptors (Lipinski definition) is 5. The number of ether oxygens (including phenoxy) is 1. The molecule has 0 aliphatic carbocycles. The molecular formula is C14H17N3O2S. The quantitative estimate of drug-likeness (QED) is 0.848. The van der Waals surface area contributed by atoms with Crippen molar-refractivity contribution >= 4 is 28.6 Å². The molecule has 0 atom stereocenters. The Bertz CT molecular complexity index is 623. The van der Waals surface area contributed by atoms with E-state index >= 15 is 0 Å². The zero-order valence-corrected chi connectivity index (χ0v) is 12.5. The average molecular weight is 291 g/mol. The molecule has 1 aromatic heterocycles. The minimum Gasteiger partial charge on any atom is -0.495 e. The van der Waals surface area contributed by atoms with Gasteiger partial charge in [-0.2, -0.15) is 0 Å². The molecule has 2 rings (SSSR count). The molecule has 3 N–H and O–H groups in total. The van der Waals surface area contributed by atoms with Gasteiger partial charge in [0.15, 0.2) is 0 Å². The van der Waals surface area contributed by atoms with Gasteiger partial charge in [0.2, 0.25) is 0 Å². The SMILES string of the molecule is COc1ccc(NC(=O)c2csc(C(C)C)n2)cc1N. The fraction of sp³-hybridized carbons (Fsp3) is 0.286. The molecule has 0 bridgehead atoms. The lowest BCUT2D eigenvalue weighted by Crippen LogP contribution is -2.12. The normalized spacial score (nSPS) is 10.6. The number of carbonyl (C=O) groups excluding carboxylic acids is 1. The highest BCUT2D eigenvalue weighted by molar-refractivity contribution is 7.09. The number of nitrogen functional groups attached to an aromatic ring is 1. The minimum absolute atomic E-state index is 0.238. The molecule has 1 aromatic carbocycles. The summed E-state index contributed by atoms with van der Waals surface area (Å²) in [7, 11) is 1.55. The average Bonchev–Trinajstić information content (AvgIpc) is 2.88. The summed E-state index contributed by atoms with van der Waals surface area (Å²) in [4.78, 5) is 16.4. The van der Waals surface area contributed by atoms with Crippen molar-refractivity contribution in [3.8, 4) is 5.75 Å². The Morgan fingerprint density at radius 3 is 2.75 bits per heavy atom. The molecule has 0 aliphatic heterocycles. The van der Waals surface area contributed by atoms with Gasteiger partial charge in [0, 0.05) is 17.0 Å². The van der Waals surface area contributed by atoms with Gasteiger partial charge in [0.05, 0.1) is 17.8 Å². The number of thiazole rings is 1. The van der Waals surface area contributed by atoms with Gasteiger partial charge in [-0.05, 0) is 18.2 Å². The fourth-order valence-electron chi connectivity index (χ4n) is 1.66. The molecule has 0 saturated heterocycles. The monoisotopic (exact) mass is 291 g/mol.